The Labute approximate surface area is 152 Å². The van der Waals surface area contributed by atoms with Crippen LogP contribution in [0.3, 0.4) is 0 Å². The first-order chi connectivity index (χ1) is 12.0. The largest absolute Gasteiger partial charge is 0.322 e. The molecule has 0 aliphatic heterocycles. The van der Waals surface area contributed by atoms with Gasteiger partial charge in [0.05, 0.1) is 27.0 Å². The summed E-state index contributed by atoms with van der Waals surface area (Å²) in [6, 6.07) is 10.9. The Morgan fingerprint density at radius 2 is 1.60 bits per heavy atom. The van der Waals surface area contributed by atoms with Crippen LogP contribution in [0, 0.1) is 5.82 Å². The standard InChI is InChI=1S/C17H11Cl2FN4O/c18-11-4-3-5-12(19)15(11)24-17-21-8-10(9-22-17)16(25)23-14-7-2-1-6-13(14)20/h1-9H,(H,23,25)(H,21,22,24). The summed E-state index contributed by atoms with van der Waals surface area (Å²) in [6.45, 7) is 0. The van der Waals surface area contributed by atoms with Crippen molar-refractivity contribution in [1.29, 1.82) is 0 Å². The van der Waals surface area contributed by atoms with Crippen molar-refractivity contribution in [3.63, 3.8) is 0 Å². The maximum atomic E-state index is 13.6. The van der Waals surface area contributed by atoms with E-state index in [0.717, 1.165) is 0 Å². The number of carbonyl (C=O) groups excluding carboxylic acids is 1. The summed E-state index contributed by atoms with van der Waals surface area (Å²) in [6.07, 6.45) is 2.63. The van der Waals surface area contributed by atoms with Gasteiger partial charge < -0.3 is 10.6 Å². The number of carbonyl (C=O) groups is 1. The van der Waals surface area contributed by atoms with Gasteiger partial charge in [0, 0.05) is 12.4 Å². The predicted octanol–water partition coefficient (Wildman–Crippen LogP) is 4.92. The molecule has 25 heavy (non-hydrogen) atoms. The lowest BCUT2D eigenvalue weighted by Gasteiger charge is -2.09. The number of nitrogens with zero attached hydrogens (tertiary/aromatic N) is 2. The van der Waals surface area contributed by atoms with Crippen molar-refractivity contribution in [3.8, 4) is 0 Å². The van der Waals surface area contributed by atoms with E-state index in [9.17, 15) is 9.18 Å². The lowest BCUT2D eigenvalue weighted by molar-refractivity contribution is 0.102. The van der Waals surface area contributed by atoms with Crippen LogP contribution in [0.5, 0.6) is 0 Å². The highest BCUT2D eigenvalue weighted by Gasteiger charge is 2.11. The van der Waals surface area contributed by atoms with Crippen molar-refractivity contribution in [1.82, 2.24) is 9.97 Å². The van der Waals surface area contributed by atoms with Crippen molar-refractivity contribution >= 4 is 46.4 Å². The van der Waals surface area contributed by atoms with Gasteiger partial charge in [-0.05, 0) is 24.3 Å². The third-order valence-electron chi connectivity index (χ3n) is 3.24. The summed E-state index contributed by atoms with van der Waals surface area (Å²) in [5.41, 5.74) is 0.728. The second-order valence-electron chi connectivity index (χ2n) is 4.95. The fourth-order valence-corrected chi connectivity index (χ4v) is 2.49. The third-order valence-corrected chi connectivity index (χ3v) is 3.87. The Kier molecular flexibility index (Phi) is 5.11. The average Bonchev–Trinajstić information content (AvgIpc) is 2.61. The smallest absolute Gasteiger partial charge is 0.258 e. The van der Waals surface area contributed by atoms with Crippen LogP contribution in [0.1, 0.15) is 10.4 Å². The number of nitrogens with one attached hydrogen (secondary N) is 2. The Bertz CT molecular complexity index is 899. The molecule has 126 valence electrons. The number of para-hydroxylation sites is 2. The van der Waals surface area contributed by atoms with Crippen LogP contribution in [-0.4, -0.2) is 15.9 Å². The van der Waals surface area contributed by atoms with Gasteiger partial charge in [-0.2, -0.15) is 0 Å². The topological polar surface area (TPSA) is 66.9 Å². The van der Waals surface area contributed by atoms with E-state index in [-0.39, 0.29) is 17.2 Å². The van der Waals surface area contributed by atoms with Gasteiger partial charge >= 0.3 is 0 Å². The molecule has 0 fully saturated rings. The molecular formula is C17H11Cl2FN4O. The van der Waals surface area contributed by atoms with Crippen molar-refractivity contribution < 1.29 is 9.18 Å². The highest BCUT2D eigenvalue weighted by Crippen LogP contribution is 2.31. The summed E-state index contributed by atoms with van der Waals surface area (Å²) in [5, 5.41) is 6.17. The van der Waals surface area contributed by atoms with Crippen LogP contribution >= 0.6 is 23.2 Å². The zero-order chi connectivity index (χ0) is 17.8. The lowest BCUT2D eigenvalue weighted by Crippen LogP contribution is -2.14. The molecule has 0 saturated heterocycles. The number of benzene rings is 2. The molecule has 0 atom stereocenters. The monoisotopic (exact) mass is 376 g/mol. The molecular weight excluding hydrogens is 366 g/mol. The molecule has 3 aromatic rings. The summed E-state index contributed by atoms with van der Waals surface area (Å²) >= 11 is 12.1. The van der Waals surface area contributed by atoms with Crippen molar-refractivity contribution in [2.45, 2.75) is 0 Å². The highest BCUT2D eigenvalue weighted by atomic mass is 35.5. The van der Waals surface area contributed by atoms with E-state index < -0.39 is 11.7 Å². The first kappa shape index (κ1) is 17.1. The number of rotatable bonds is 4. The van der Waals surface area contributed by atoms with Gasteiger partial charge in [0.1, 0.15) is 5.82 Å². The maximum Gasteiger partial charge on any atom is 0.258 e. The zero-order valence-electron chi connectivity index (χ0n) is 12.6. The molecule has 8 heteroatoms. The minimum Gasteiger partial charge on any atom is -0.322 e. The Morgan fingerprint density at radius 3 is 2.24 bits per heavy atom. The van der Waals surface area contributed by atoms with Crippen molar-refractivity contribution in [3.05, 3.63) is 76.3 Å². The van der Waals surface area contributed by atoms with Crippen LogP contribution in [0.4, 0.5) is 21.7 Å². The Morgan fingerprint density at radius 1 is 0.960 bits per heavy atom. The van der Waals surface area contributed by atoms with Gasteiger partial charge in [0.15, 0.2) is 0 Å². The van der Waals surface area contributed by atoms with Crippen LogP contribution in [-0.2, 0) is 0 Å². The van der Waals surface area contributed by atoms with Crippen molar-refractivity contribution in [2.75, 3.05) is 10.6 Å². The summed E-state index contributed by atoms with van der Waals surface area (Å²) in [4.78, 5) is 20.2. The van der Waals surface area contributed by atoms with E-state index in [1.165, 1.54) is 30.6 Å². The first-order valence-corrected chi connectivity index (χ1v) is 7.89. The maximum absolute atomic E-state index is 13.6. The first-order valence-electron chi connectivity index (χ1n) is 7.13. The molecule has 1 aromatic heterocycles. The number of aromatic nitrogens is 2. The molecule has 0 unspecified atom stereocenters. The van der Waals surface area contributed by atoms with Gasteiger partial charge in [0.25, 0.3) is 5.91 Å². The fourth-order valence-electron chi connectivity index (χ4n) is 2.00. The second kappa shape index (κ2) is 7.46. The van der Waals surface area contributed by atoms with Crippen LogP contribution < -0.4 is 10.6 Å². The number of hydrogen-bond donors (Lipinski definition) is 2. The predicted molar refractivity (Wildman–Crippen MR) is 96.1 cm³/mol. The van der Waals surface area contributed by atoms with Crippen LogP contribution in [0.2, 0.25) is 10.0 Å². The average molecular weight is 377 g/mol. The molecule has 1 heterocycles. The molecule has 3 rings (SSSR count). The molecule has 0 aliphatic carbocycles. The SMILES string of the molecule is O=C(Nc1ccccc1F)c1cnc(Nc2c(Cl)cccc2Cl)nc1. The van der Waals surface area contributed by atoms with Gasteiger partial charge in [-0.3, -0.25) is 4.79 Å². The minimum atomic E-state index is -0.525. The minimum absolute atomic E-state index is 0.0811. The Hall–Kier alpha value is -2.70. The number of anilines is 3. The van der Waals surface area contributed by atoms with E-state index in [2.05, 4.69) is 20.6 Å². The molecule has 0 radical (unpaired) electrons. The fraction of sp³-hybridized carbons (Fsp3) is 0. The van der Waals surface area contributed by atoms with Crippen LogP contribution in [0.15, 0.2) is 54.9 Å². The molecule has 0 spiro atoms. The number of hydrogen-bond acceptors (Lipinski definition) is 4. The summed E-state index contributed by atoms with van der Waals surface area (Å²) in [7, 11) is 0. The number of halogens is 3. The van der Waals surface area contributed by atoms with Gasteiger partial charge in [-0.15, -0.1) is 0 Å². The zero-order valence-corrected chi connectivity index (χ0v) is 14.1. The molecule has 5 nitrogen and oxygen atoms in total. The van der Waals surface area contributed by atoms with E-state index in [1.807, 2.05) is 0 Å². The second-order valence-corrected chi connectivity index (χ2v) is 5.77. The van der Waals surface area contributed by atoms with Gasteiger partial charge in [0.2, 0.25) is 5.95 Å². The molecule has 2 aromatic carbocycles. The third kappa shape index (κ3) is 4.04. The molecule has 1 amide bonds. The molecule has 0 saturated carbocycles. The van der Waals surface area contributed by atoms with E-state index in [0.29, 0.717) is 15.7 Å². The molecule has 0 aliphatic rings. The van der Waals surface area contributed by atoms with E-state index in [1.54, 1.807) is 24.3 Å². The molecule has 2 N–H and O–H groups in total. The van der Waals surface area contributed by atoms with Crippen molar-refractivity contribution in [2.24, 2.45) is 0 Å². The number of amides is 1. The van der Waals surface area contributed by atoms with E-state index in [4.69, 9.17) is 23.2 Å². The molecule has 0 bridgehead atoms. The Balaban J connectivity index is 1.74. The lowest BCUT2D eigenvalue weighted by atomic mass is 10.2. The summed E-state index contributed by atoms with van der Waals surface area (Å²) < 4.78 is 13.6. The van der Waals surface area contributed by atoms with Gasteiger partial charge in [-0.1, -0.05) is 41.4 Å². The van der Waals surface area contributed by atoms with E-state index >= 15 is 0 Å². The van der Waals surface area contributed by atoms with Crippen LogP contribution in [0.25, 0.3) is 0 Å². The highest BCUT2D eigenvalue weighted by molar-refractivity contribution is 6.39. The normalized spacial score (nSPS) is 10.4. The summed E-state index contributed by atoms with van der Waals surface area (Å²) in [5.74, 6) is -0.826. The van der Waals surface area contributed by atoms with Gasteiger partial charge in [-0.25, -0.2) is 14.4 Å². The quantitative estimate of drug-likeness (QED) is 0.678.